The van der Waals surface area contributed by atoms with E-state index in [-0.39, 0.29) is 18.8 Å². The fraction of sp³-hybridized carbons (Fsp3) is 0.250. The van der Waals surface area contributed by atoms with E-state index < -0.39 is 21.3 Å². The number of carbonyl (C=O) groups is 1. The molecule has 0 spiro atoms. The normalized spacial score (nSPS) is 11.7. The van der Waals surface area contributed by atoms with Crippen LogP contribution < -0.4 is 0 Å². The van der Waals surface area contributed by atoms with Crippen LogP contribution >= 0.6 is 12.4 Å². The molecular weight excluding hydrogens is 320 g/mol. The summed E-state index contributed by atoms with van der Waals surface area (Å²) in [5.74, 6) is -0.808. The van der Waals surface area contributed by atoms with Crippen molar-refractivity contribution in [2.75, 3.05) is 0 Å². The average molecular weight is 337 g/mol. The maximum Gasteiger partial charge on any atom is 0.309 e. The van der Waals surface area contributed by atoms with E-state index in [9.17, 15) is 13.2 Å². The van der Waals surface area contributed by atoms with E-state index in [0.717, 1.165) is 5.69 Å². The van der Waals surface area contributed by atoms with Crippen molar-refractivity contribution in [3.05, 3.63) is 48.0 Å². The maximum atomic E-state index is 10.6. The molecule has 0 fully saturated rings. The number of aliphatic carboxylic acids is 1. The summed E-state index contributed by atoms with van der Waals surface area (Å²) < 4.78 is 29.7. The number of H-pyrrole nitrogens is 2. The second kappa shape index (κ2) is 8.50. The van der Waals surface area contributed by atoms with Gasteiger partial charge in [-0.25, -0.2) is 0 Å². The molecule has 0 aliphatic carbocycles. The van der Waals surface area contributed by atoms with Crippen LogP contribution in [0.15, 0.2) is 36.7 Å². The Morgan fingerprint density at radius 2 is 1.81 bits per heavy atom. The molecule has 1 unspecified atom stereocenters. The van der Waals surface area contributed by atoms with Gasteiger partial charge in [0.25, 0.3) is 10.1 Å². The van der Waals surface area contributed by atoms with Crippen molar-refractivity contribution in [1.82, 2.24) is 9.97 Å². The molecule has 4 N–H and O–H groups in total. The van der Waals surface area contributed by atoms with Crippen LogP contribution in [0.4, 0.5) is 0 Å². The molecule has 2 heterocycles. The highest BCUT2D eigenvalue weighted by Crippen LogP contribution is 2.17. The lowest BCUT2D eigenvalue weighted by atomic mass is 10.3. The quantitative estimate of drug-likeness (QED) is 0.636. The molecule has 0 bridgehead atoms. The van der Waals surface area contributed by atoms with Crippen molar-refractivity contribution in [2.24, 2.45) is 0 Å². The highest BCUT2D eigenvalue weighted by Gasteiger charge is 2.19. The van der Waals surface area contributed by atoms with E-state index in [1.165, 1.54) is 6.92 Å². The summed E-state index contributed by atoms with van der Waals surface area (Å²) in [6.07, 6.45) is 3.39. The van der Waals surface area contributed by atoms with Crippen LogP contribution in [0.25, 0.3) is 0 Å². The molecule has 1 atom stereocenters. The van der Waals surface area contributed by atoms with Crippen molar-refractivity contribution in [3.63, 3.8) is 0 Å². The molecule has 2 aromatic heterocycles. The van der Waals surface area contributed by atoms with Crippen molar-refractivity contribution in [1.29, 1.82) is 0 Å². The fourth-order valence-electron chi connectivity index (χ4n) is 1.40. The Morgan fingerprint density at radius 3 is 2.19 bits per heavy atom. The zero-order chi connectivity index (χ0) is 15.2. The van der Waals surface area contributed by atoms with Gasteiger partial charge in [-0.2, -0.15) is 8.42 Å². The molecule has 0 amide bonds. The molecule has 21 heavy (non-hydrogen) atoms. The number of hydrogen-bond donors (Lipinski definition) is 4. The minimum absolute atomic E-state index is 0. The molecule has 7 nitrogen and oxygen atoms in total. The Labute approximate surface area is 128 Å². The number of hydrogen-bond acceptors (Lipinski definition) is 3. The molecular formula is C12H17ClN2O5S. The number of rotatable bonds is 4. The minimum Gasteiger partial charge on any atom is -0.481 e. The second-order valence-corrected chi connectivity index (χ2v) is 5.79. The first-order chi connectivity index (χ1) is 9.30. The number of carboxylic acid groups (broad SMARTS) is 1. The van der Waals surface area contributed by atoms with Gasteiger partial charge in [-0.15, -0.1) is 12.4 Å². The summed E-state index contributed by atoms with van der Waals surface area (Å²) in [6, 6.07) is 6.81. The van der Waals surface area contributed by atoms with Crippen molar-refractivity contribution in [3.8, 4) is 0 Å². The third kappa shape index (κ3) is 6.98. The number of aromatic nitrogens is 2. The zero-order valence-corrected chi connectivity index (χ0v) is 12.8. The summed E-state index contributed by atoms with van der Waals surface area (Å²) in [4.78, 5) is 15.5. The average Bonchev–Trinajstić information content (AvgIpc) is 2.98. The predicted molar refractivity (Wildman–Crippen MR) is 80.1 cm³/mol. The molecule has 0 saturated heterocycles. The first-order valence-electron chi connectivity index (χ1n) is 5.74. The third-order valence-electron chi connectivity index (χ3n) is 2.51. The number of aromatic amines is 2. The van der Waals surface area contributed by atoms with Crippen LogP contribution in [0.1, 0.15) is 23.6 Å². The van der Waals surface area contributed by atoms with Gasteiger partial charge in [-0.1, -0.05) is 0 Å². The highest BCUT2D eigenvalue weighted by molar-refractivity contribution is 7.86. The topological polar surface area (TPSA) is 123 Å². The first-order valence-corrected chi connectivity index (χ1v) is 7.24. The Morgan fingerprint density at radius 1 is 1.24 bits per heavy atom. The van der Waals surface area contributed by atoms with Gasteiger partial charge in [0.2, 0.25) is 0 Å². The van der Waals surface area contributed by atoms with Crippen LogP contribution in [0, 0.1) is 0 Å². The SMILES string of the molecule is CC(c1ccc[nH]1)S(=O)(=O)O.Cl.O=C(O)Cc1ccc[nH]1. The lowest BCUT2D eigenvalue weighted by Gasteiger charge is -2.03. The van der Waals surface area contributed by atoms with Crippen LogP contribution in [-0.2, 0) is 21.3 Å². The Hall–Kier alpha value is -1.77. The van der Waals surface area contributed by atoms with Crippen LogP contribution in [0.2, 0.25) is 0 Å². The first kappa shape index (κ1) is 19.2. The van der Waals surface area contributed by atoms with Crippen LogP contribution in [0.3, 0.4) is 0 Å². The van der Waals surface area contributed by atoms with Crippen molar-refractivity contribution >= 4 is 28.5 Å². The number of nitrogens with one attached hydrogen (secondary N) is 2. The minimum atomic E-state index is -3.96. The van der Waals surface area contributed by atoms with Gasteiger partial charge in [-0.3, -0.25) is 9.35 Å². The van der Waals surface area contributed by atoms with E-state index >= 15 is 0 Å². The smallest absolute Gasteiger partial charge is 0.309 e. The standard InChI is InChI=1S/C6H9NO3S.C6H7NO2.ClH/c1-5(11(8,9)10)6-3-2-4-7-6;8-6(9)4-5-2-1-3-7-5;/h2-5,7H,1H3,(H,8,9,10);1-3,7H,4H2,(H,8,9);1H. The number of carboxylic acids is 1. The van der Waals surface area contributed by atoms with E-state index in [0.29, 0.717) is 5.69 Å². The molecule has 118 valence electrons. The highest BCUT2D eigenvalue weighted by atomic mass is 35.5. The van der Waals surface area contributed by atoms with E-state index in [4.69, 9.17) is 9.66 Å². The predicted octanol–water partition coefficient (Wildman–Crippen LogP) is 2.03. The molecule has 0 aliphatic rings. The lowest BCUT2D eigenvalue weighted by molar-refractivity contribution is -0.136. The van der Waals surface area contributed by atoms with Crippen molar-refractivity contribution < 1.29 is 22.9 Å². The van der Waals surface area contributed by atoms with Gasteiger partial charge >= 0.3 is 5.97 Å². The van der Waals surface area contributed by atoms with Gasteiger partial charge in [0.15, 0.2) is 0 Å². The van der Waals surface area contributed by atoms with Gasteiger partial charge in [0.1, 0.15) is 5.25 Å². The second-order valence-electron chi connectivity index (χ2n) is 4.05. The Bertz CT molecular complexity index is 623. The summed E-state index contributed by atoms with van der Waals surface area (Å²) >= 11 is 0. The van der Waals surface area contributed by atoms with Crippen LogP contribution in [-0.4, -0.2) is 34.0 Å². The summed E-state index contributed by atoms with van der Waals surface area (Å²) in [5, 5.41) is 7.39. The van der Waals surface area contributed by atoms with Gasteiger partial charge in [0.05, 0.1) is 6.42 Å². The largest absolute Gasteiger partial charge is 0.481 e. The monoisotopic (exact) mass is 336 g/mol. The van der Waals surface area contributed by atoms with Crippen LogP contribution in [0.5, 0.6) is 0 Å². The summed E-state index contributed by atoms with van der Waals surface area (Å²) in [7, 11) is -3.96. The maximum absolute atomic E-state index is 10.6. The molecule has 2 aromatic rings. The van der Waals surface area contributed by atoms with E-state index in [1.807, 2.05) is 0 Å². The molecule has 0 aromatic carbocycles. The lowest BCUT2D eigenvalue weighted by Crippen LogP contribution is -2.08. The van der Waals surface area contributed by atoms with Gasteiger partial charge in [0, 0.05) is 23.8 Å². The fourth-order valence-corrected chi connectivity index (χ4v) is 1.87. The Kier molecular flexibility index (Phi) is 7.79. The van der Waals surface area contributed by atoms with E-state index in [2.05, 4.69) is 9.97 Å². The van der Waals surface area contributed by atoms with E-state index in [1.54, 1.807) is 36.7 Å². The van der Waals surface area contributed by atoms with Crippen molar-refractivity contribution in [2.45, 2.75) is 18.6 Å². The zero-order valence-electron chi connectivity index (χ0n) is 11.2. The third-order valence-corrected chi connectivity index (χ3v) is 3.66. The summed E-state index contributed by atoms with van der Waals surface area (Å²) in [5.41, 5.74) is 1.23. The molecule has 0 radical (unpaired) electrons. The van der Waals surface area contributed by atoms with Gasteiger partial charge < -0.3 is 15.1 Å². The Balaban J connectivity index is 0.000000370. The summed E-state index contributed by atoms with van der Waals surface area (Å²) in [6.45, 7) is 1.42. The molecule has 2 rings (SSSR count). The number of halogens is 1. The molecule has 0 saturated carbocycles. The van der Waals surface area contributed by atoms with Gasteiger partial charge in [-0.05, 0) is 31.2 Å². The molecule has 9 heteroatoms. The molecule has 0 aliphatic heterocycles.